The molecule has 1 aromatic rings. The van der Waals surface area contributed by atoms with Gasteiger partial charge in [-0.1, -0.05) is 19.1 Å². The Morgan fingerprint density at radius 1 is 1.45 bits per heavy atom. The van der Waals surface area contributed by atoms with Gasteiger partial charge < -0.3 is 10.1 Å². The Morgan fingerprint density at radius 3 is 3.10 bits per heavy atom. The van der Waals surface area contributed by atoms with Crippen LogP contribution in [0, 0.1) is 5.92 Å². The Morgan fingerprint density at radius 2 is 2.35 bits per heavy atom. The first-order valence-electron chi connectivity index (χ1n) is 7.49. The van der Waals surface area contributed by atoms with Crippen molar-refractivity contribution in [3.63, 3.8) is 0 Å². The number of hydrogen-bond donors (Lipinski definition) is 1. The van der Waals surface area contributed by atoms with E-state index >= 15 is 0 Å². The highest BCUT2D eigenvalue weighted by atomic mass is 16.5. The summed E-state index contributed by atoms with van der Waals surface area (Å²) in [5.41, 5.74) is 3.60. The molecular weight excluding hydrogens is 252 g/mol. The van der Waals surface area contributed by atoms with Gasteiger partial charge in [-0.3, -0.25) is 9.69 Å². The van der Waals surface area contributed by atoms with E-state index in [0.29, 0.717) is 6.61 Å². The molecule has 2 heterocycles. The highest BCUT2D eigenvalue weighted by molar-refractivity contribution is 5.93. The molecule has 0 bridgehead atoms. The van der Waals surface area contributed by atoms with Crippen LogP contribution >= 0.6 is 0 Å². The van der Waals surface area contributed by atoms with E-state index in [-0.39, 0.29) is 11.8 Å². The molecule has 2 aliphatic rings. The molecule has 4 heteroatoms. The standard InChI is InChI=1S/C16H22N2O2/c1-2-18-9-12-5-3-7-15(14(12)10-18)17-16(19)13-6-4-8-20-11-13/h3,5,7,13H,2,4,6,8-11H2,1H3,(H,17,19). The number of benzene rings is 1. The maximum atomic E-state index is 12.3. The van der Waals surface area contributed by atoms with E-state index in [1.807, 2.05) is 12.1 Å². The summed E-state index contributed by atoms with van der Waals surface area (Å²) < 4.78 is 5.40. The van der Waals surface area contributed by atoms with Crippen molar-refractivity contribution in [3.05, 3.63) is 29.3 Å². The molecule has 0 saturated carbocycles. The van der Waals surface area contributed by atoms with Crippen molar-refractivity contribution in [1.82, 2.24) is 4.90 Å². The van der Waals surface area contributed by atoms with Crippen LogP contribution in [0.3, 0.4) is 0 Å². The molecular formula is C16H22N2O2. The topological polar surface area (TPSA) is 41.6 Å². The Hall–Kier alpha value is -1.39. The molecule has 4 nitrogen and oxygen atoms in total. The van der Waals surface area contributed by atoms with Crippen molar-refractivity contribution in [2.45, 2.75) is 32.9 Å². The molecule has 1 saturated heterocycles. The third kappa shape index (κ3) is 2.72. The second-order valence-electron chi connectivity index (χ2n) is 5.65. The normalized spacial score (nSPS) is 22.6. The van der Waals surface area contributed by atoms with E-state index in [1.165, 1.54) is 11.1 Å². The van der Waals surface area contributed by atoms with Gasteiger partial charge in [0.25, 0.3) is 0 Å². The lowest BCUT2D eigenvalue weighted by Crippen LogP contribution is -2.30. The maximum absolute atomic E-state index is 12.3. The van der Waals surface area contributed by atoms with Crippen molar-refractivity contribution < 1.29 is 9.53 Å². The van der Waals surface area contributed by atoms with E-state index in [1.54, 1.807) is 0 Å². The first kappa shape index (κ1) is 13.6. The molecule has 1 unspecified atom stereocenters. The minimum atomic E-state index is 0.00304. The van der Waals surface area contributed by atoms with Crippen LogP contribution in [0.4, 0.5) is 5.69 Å². The number of amides is 1. The van der Waals surface area contributed by atoms with Gasteiger partial charge in [0, 0.05) is 25.4 Å². The minimum Gasteiger partial charge on any atom is -0.381 e. The zero-order chi connectivity index (χ0) is 13.9. The van der Waals surface area contributed by atoms with Crippen LogP contribution < -0.4 is 5.32 Å². The van der Waals surface area contributed by atoms with E-state index in [9.17, 15) is 4.79 Å². The number of ether oxygens (including phenoxy) is 1. The van der Waals surface area contributed by atoms with Crippen LogP contribution in [0.25, 0.3) is 0 Å². The molecule has 3 rings (SSSR count). The molecule has 2 aliphatic heterocycles. The summed E-state index contributed by atoms with van der Waals surface area (Å²) in [5, 5.41) is 3.11. The fourth-order valence-electron chi connectivity index (χ4n) is 3.01. The van der Waals surface area contributed by atoms with Gasteiger partial charge in [-0.05, 0) is 36.6 Å². The SMILES string of the molecule is CCN1Cc2cccc(NC(=O)C3CCCOC3)c2C1. The van der Waals surface area contributed by atoms with Gasteiger partial charge in [-0.2, -0.15) is 0 Å². The summed E-state index contributed by atoms with van der Waals surface area (Å²) in [6, 6.07) is 6.20. The first-order valence-corrected chi connectivity index (χ1v) is 7.49. The fraction of sp³-hybridized carbons (Fsp3) is 0.562. The van der Waals surface area contributed by atoms with Crippen LogP contribution in [0.1, 0.15) is 30.9 Å². The third-order valence-electron chi connectivity index (χ3n) is 4.28. The number of rotatable bonds is 3. The maximum Gasteiger partial charge on any atom is 0.229 e. The number of carbonyl (C=O) groups excluding carboxylic acids is 1. The van der Waals surface area contributed by atoms with Crippen LogP contribution in [-0.4, -0.2) is 30.6 Å². The van der Waals surface area contributed by atoms with Gasteiger partial charge >= 0.3 is 0 Å². The van der Waals surface area contributed by atoms with E-state index in [2.05, 4.69) is 23.2 Å². The lowest BCUT2D eigenvalue weighted by Gasteiger charge is -2.22. The van der Waals surface area contributed by atoms with Gasteiger partial charge in [-0.15, -0.1) is 0 Å². The summed E-state index contributed by atoms with van der Waals surface area (Å²) in [7, 11) is 0. The second-order valence-corrected chi connectivity index (χ2v) is 5.65. The monoisotopic (exact) mass is 274 g/mol. The van der Waals surface area contributed by atoms with E-state index < -0.39 is 0 Å². The van der Waals surface area contributed by atoms with Crippen LogP contribution in [0.15, 0.2) is 18.2 Å². The first-order chi connectivity index (χ1) is 9.78. The Kier molecular flexibility index (Phi) is 4.03. The zero-order valence-electron chi connectivity index (χ0n) is 12.0. The smallest absolute Gasteiger partial charge is 0.229 e. The van der Waals surface area contributed by atoms with Gasteiger partial charge in [0.2, 0.25) is 5.91 Å². The highest BCUT2D eigenvalue weighted by Crippen LogP contribution is 2.29. The summed E-state index contributed by atoms with van der Waals surface area (Å²) >= 11 is 0. The van der Waals surface area contributed by atoms with Crippen molar-refractivity contribution in [1.29, 1.82) is 0 Å². The molecule has 1 aromatic carbocycles. The largest absolute Gasteiger partial charge is 0.381 e. The van der Waals surface area contributed by atoms with Gasteiger partial charge in [0.15, 0.2) is 0 Å². The molecule has 1 fully saturated rings. The molecule has 1 atom stereocenters. The summed E-state index contributed by atoms with van der Waals surface area (Å²) in [5.74, 6) is 0.108. The van der Waals surface area contributed by atoms with Crippen LogP contribution in [0.5, 0.6) is 0 Å². The van der Waals surface area contributed by atoms with Crippen molar-refractivity contribution in [2.24, 2.45) is 5.92 Å². The lowest BCUT2D eigenvalue weighted by molar-refractivity contribution is -0.123. The predicted octanol–water partition coefficient (Wildman–Crippen LogP) is 2.39. The Labute approximate surface area is 120 Å². The molecule has 0 aliphatic carbocycles. The average molecular weight is 274 g/mol. The number of hydrogen-bond acceptors (Lipinski definition) is 3. The lowest BCUT2D eigenvalue weighted by atomic mass is 10.0. The number of carbonyl (C=O) groups is 1. The molecule has 20 heavy (non-hydrogen) atoms. The quantitative estimate of drug-likeness (QED) is 0.920. The van der Waals surface area contributed by atoms with Crippen molar-refractivity contribution >= 4 is 11.6 Å². The number of fused-ring (bicyclic) bond motifs is 1. The fourth-order valence-corrected chi connectivity index (χ4v) is 3.01. The van der Waals surface area contributed by atoms with Gasteiger partial charge in [-0.25, -0.2) is 0 Å². The molecule has 108 valence electrons. The second kappa shape index (κ2) is 5.94. The number of anilines is 1. The average Bonchev–Trinajstić information content (AvgIpc) is 2.92. The van der Waals surface area contributed by atoms with Gasteiger partial charge in [0.1, 0.15) is 0 Å². The third-order valence-corrected chi connectivity index (χ3v) is 4.28. The molecule has 1 amide bonds. The highest BCUT2D eigenvalue weighted by Gasteiger charge is 2.25. The Bertz CT molecular complexity index is 495. The molecule has 0 radical (unpaired) electrons. The van der Waals surface area contributed by atoms with E-state index in [4.69, 9.17) is 4.74 Å². The van der Waals surface area contributed by atoms with E-state index in [0.717, 1.165) is 44.8 Å². The minimum absolute atomic E-state index is 0.00304. The van der Waals surface area contributed by atoms with Crippen LogP contribution in [-0.2, 0) is 22.6 Å². The molecule has 0 aromatic heterocycles. The van der Waals surface area contributed by atoms with Crippen LogP contribution in [0.2, 0.25) is 0 Å². The zero-order valence-corrected chi connectivity index (χ0v) is 12.0. The van der Waals surface area contributed by atoms with Gasteiger partial charge in [0.05, 0.1) is 12.5 Å². The predicted molar refractivity (Wildman–Crippen MR) is 78.4 cm³/mol. The summed E-state index contributed by atoms with van der Waals surface area (Å²) in [6.45, 7) is 6.48. The summed E-state index contributed by atoms with van der Waals surface area (Å²) in [4.78, 5) is 14.7. The summed E-state index contributed by atoms with van der Waals surface area (Å²) in [6.07, 6.45) is 1.91. The molecule has 0 spiro atoms. The Balaban J connectivity index is 1.72. The van der Waals surface area contributed by atoms with Crippen molar-refractivity contribution in [2.75, 3.05) is 25.1 Å². The number of nitrogens with zero attached hydrogens (tertiary/aromatic N) is 1. The molecule has 1 N–H and O–H groups in total. The number of nitrogens with one attached hydrogen (secondary N) is 1. The van der Waals surface area contributed by atoms with Crippen molar-refractivity contribution in [3.8, 4) is 0 Å².